The first-order valence-corrected chi connectivity index (χ1v) is 10.6. The van der Waals surface area contributed by atoms with Crippen LogP contribution in [-0.4, -0.2) is 26.0 Å². The molecule has 0 fully saturated rings. The van der Waals surface area contributed by atoms with E-state index in [0.717, 1.165) is 16.8 Å². The van der Waals surface area contributed by atoms with Crippen molar-refractivity contribution < 1.29 is 4.79 Å². The van der Waals surface area contributed by atoms with Gasteiger partial charge in [-0.3, -0.25) is 4.79 Å². The van der Waals surface area contributed by atoms with Gasteiger partial charge in [0.2, 0.25) is 11.1 Å². The molecule has 0 unspecified atom stereocenters. The van der Waals surface area contributed by atoms with Crippen molar-refractivity contribution >= 4 is 34.1 Å². The SMILES string of the molecule is Cc1cccc(NC(=O)[C@@H](C)Sc2nnc(Cc3cccc4ccccc34)n2N)c1. The molecule has 0 spiro atoms. The topological polar surface area (TPSA) is 85.8 Å². The molecule has 30 heavy (non-hydrogen) atoms. The highest BCUT2D eigenvalue weighted by molar-refractivity contribution is 8.00. The maximum atomic E-state index is 12.6. The van der Waals surface area contributed by atoms with Crippen molar-refractivity contribution in [3.05, 3.63) is 83.7 Å². The first-order chi connectivity index (χ1) is 14.5. The number of nitrogens with zero attached hydrogens (tertiary/aromatic N) is 3. The Labute approximate surface area is 179 Å². The summed E-state index contributed by atoms with van der Waals surface area (Å²) in [6.45, 7) is 3.82. The number of aryl methyl sites for hydroxylation is 1. The molecule has 0 aliphatic carbocycles. The van der Waals surface area contributed by atoms with Crippen molar-refractivity contribution in [1.82, 2.24) is 14.9 Å². The maximum Gasteiger partial charge on any atom is 0.237 e. The van der Waals surface area contributed by atoms with Crippen LogP contribution >= 0.6 is 11.8 Å². The van der Waals surface area contributed by atoms with Crippen LogP contribution < -0.4 is 11.2 Å². The van der Waals surface area contributed by atoms with E-state index < -0.39 is 0 Å². The average molecular weight is 418 g/mol. The number of hydrogen-bond acceptors (Lipinski definition) is 5. The monoisotopic (exact) mass is 417 g/mol. The first kappa shape index (κ1) is 20.0. The Bertz CT molecular complexity index is 1200. The second-order valence-electron chi connectivity index (χ2n) is 7.20. The summed E-state index contributed by atoms with van der Waals surface area (Å²) in [5.41, 5.74) is 3.00. The van der Waals surface area contributed by atoms with Crippen LogP contribution in [0.2, 0.25) is 0 Å². The number of carbonyl (C=O) groups is 1. The van der Waals surface area contributed by atoms with Gasteiger partial charge in [-0.05, 0) is 47.9 Å². The maximum absolute atomic E-state index is 12.6. The molecule has 4 aromatic rings. The molecule has 0 radical (unpaired) electrons. The Kier molecular flexibility index (Phi) is 5.72. The quantitative estimate of drug-likeness (QED) is 0.363. The third-order valence-corrected chi connectivity index (χ3v) is 5.96. The Balaban J connectivity index is 1.47. The molecule has 0 bridgehead atoms. The molecule has 0 aliphatic rings. The molecule has 3 N–H and O–H groups in total. The molecule has 1 aromatic heterocycles. The van der Waals surface area contributed by atoms with Gasteiger partial charge in [0.1, 0.15) is 0 Å². The van der Waals surface area contributed by atoms with Gasteiger partial charge in [-0.2, -0.15) is 0 Å². The van der Waals surface area contributed by atoms with Crippen molar-refractivity contribution in [2.45, 2.75) is 30.7 Å². The number of hydrogen-bond donors (Lipinski definition) is 2. The number of nitrogens with one attached hydrogen (secondary N) is 1. The normalized spacial score (nSPS) is 12.1. The fraction of sp³-hybridized carbons (Fsp3) is 0.174. The zero-order chi connectivity index (χ0) is 21.1. The van der Waals surface area contributed by atoms with Crippen LogP contribution in [0.4, 0.5) is 5.69 Å². The molecule has 0 saturated carbocycles. The van der Waals surface area contributed by atoms with E-state index in [-0.39, 0.29) is 11.2 Å². The molecule has 1 atom stereocenters. The number of benzene rings is 3. The average Bonchev–Trinajstić information content (AvgIpc) is 3.07. The predicted octanol–water partition coefficient (Wildman–Crippen LogP) is 4.16. The van der Waals surface area contributed by atoms with E-state index >= 15 is 0 Å². The van der Waals surface area contributed by atoms with Crippen LogP contribution in [0.25, 0.3) is 10.8 Å². The van der Waals surface area contributed by atoms with E-state index in [9.17, 15) is 4.79 Å². The van der Waals surface area contributed by atoms with E-state index in [0.29, 0.717) is 17.4 Å². The lowest BCUT2D eigenvalue weighted by molar-refractivity contribution is -0.115. The van der Waals surface area contributed by atoms with Crippen molar-refractivity contribution in [2.24, 2.45) is 0 Å². The number of carbonyl (C=O) groups excluding carboxylic acids is 1. The summed E-state index contributed by atoms with van der Waals surface area (Å²) in [5.74, 6) is 6.80. The number of thioether (sulfide) groups is 1. The molecular weight excluding hydrogens is 394 g/mol. The van der Waals surface area contributed by atoms with Crippen molar-refractivity contribution in [1.29, 1.82) is 0 Å². The fourth-order valence-electron chi connectivity index (χ4n) is 3.30. The number of fused-ring (bicyclic) bond motifs is 1. The van der Waals surface area contributed by atoms with Gasteiger partial charge in [-0.1, -0.05) is 66.4 Å². The molecule has 0 saturated heterocycles. The molecule has 7 heteroatoms. The van der Waals surface area contributed by atoms with Crippen LogP contribution in [0.3, 0.4) is 0 Å². The van der Waals surface area contributed by atoms with Gasteiger partial charge in [-0.15, -0.1) is 10.2 Å². The summed E-state index contributed by atoms with van der Waals surface area (Å²) >= 11 is 1.29. The van der Waals surface area contributed by atoms with Crippen LogP contribution in [0, 0.1) is 6.92 Å². The third-order valence-electron chi connectivity index (χ3n) is 4.90. The second kappa shape index (κ2) is 8.59. The van der Waals surface area contributed by atoms with E-state index in [1.165, 1.54) is 27.2 Å². The molecule has 1 heterocycles. The molecule has 152 valence electrons. The first-order valence-electron chi connectivity index (χ1n) is 9.71. The fourth-order valence-corrected chi connectivity index (χ4v) is 4.09. The van der Waals surface area contributed by atoms with E-state index in [4.69, 9.17) is 5.84 Å². The number of anilines is 1. The van der Waals surface area contributed by atoms with E-state index in [1.54, 1.807) is 0 Å². The van der Waals surface area contributed by atoms with Crippen LogP contribution in [-0.2, 0) is 11.2 Å². The summed E-state index contributed by atoms with van der Waals surface area (Å²) in [4.78, 5) is 12.6. The number of aromatic nitrogens is 3. The third kappa shape index (κ3) is 4.31. The molecule has 4 rings (SSSR count). The van der Waals surface area contributed by atoms with Gasteiger partial charge in [0.15, 0.2) is 5.82 Å². The van der Waals surface area contributed by atoms with Gasteiger partial charge >= 0.3 is 0 Å². The highest BCUT2D eigenvalue weighted by atomic mass is 32.2. The molecule has 1 amide bonds. The Morgan fingerprint density at radius 2 is 1.87 bits per heavy atom. The second-order valence-corrected chi connectivity index (χ2v) is 8.51. The van der Waals surface area contributed by atoms with Crippen LogP contribution in [0.1, 0.15) is 23.9 Å². The summed E-state index contributed by atoms with van der Waals surface area (Å²) < 4.78 is 1.48. The van der Waals surface area contributed by atoms with Gasteiger partial charge in [0, 0.05) is 12.1 Å². The minimum absolute atomic E-state index is 0.107. The minimum atomic E-state index is -0.373. The Morgan fingerprint density at radius 3 is 2.70 bits per heavy atom. The largest absolute Gasteiger partial charge is 0.336 e. The lowest BCUT2D eigenvalue weighted by Gasteiger charge is -2.12. The van der Waals surface area contributed by atoms with Gasteiger partial charge in [-0.25, -0.2) is 4.68 Å². The van der Waals surface area contributed by atoms with Gasteiger partial charge in [0.05, 0.1) is 5.25 Å². The molecular formula is C23H23N5OS. The standard InChI is InChI=1S/C23H23N5OS/c1-15-7-5-11-19(13-15)25-22(29)16(2)30-23-27-26-21(28(23)24)14-18-10-6-9-17-8-3-4-12-20(17)18/h3-13,16H,14,24H2,1-2H3,(H,25,29)/t16-/m1/s1. The van der Waals surface area contributed by atoms with Gasteiger partial charge < -0.3 is 11.2 Å². The highest BCUT2D eigenvalue weighted by Crippen LogP contribution is 2.25. The van der Waals surface area contributed by atoms with E-state index in [2.05, 4.69) is 39.8 Å². The molecule has 3 aromatic carbocycles. The molecule has 0 aliphatic heterocycles. The van der Waals surface area contributed by atoms with Crippen LogP contribution in [0.15, 0.2) is 71.9 Å². The number of rotatable bonds is 6. The van der Waals surface area contributed by atoms with Crippen molar-refractivity contribution in [3.63, 3.8) is 0 Å². The smallest absolute Gasteiger partial charge is 0.237 e. The summed E-state index contributed by atoms with van der Waals surface area (Å²) in [7, 11) is 0. The number of nitrogens with two attached hydrogens (primary N) is 1. The Hall–Kier alpha value is -3.32. The minimum Gasteiger partial charge on any atom is -0.336 e. The van der Waals surface area contributed by atoms with E-state index in [1.807, 2.05) is 56.3 Å². The summed E-state index contributed by atoms with van der Waals surface area (Å²) in [6.07, 6.45) is 0.565. The number of amides is 1. The number of nitrogen functional groups attached to an aromatic ring is 1. The lowest BCUT2D eigenvalue weighted by atomic mass is 10.0. The summed E-state index contributed by atoms with van der Waals surface area (Å²) in [6, 6.07) is 22.1. The Morgan fingerprint density at radius 1 is 1.10 bits per heavy atom. The highest BCUT2D eigenvalue weighted by Gasteiger charge is 2.20. The van der Waals surface area contributed by atoms with Gasteiger partial charge in [0.25, 0.3) is 0 Å². The lowest BCUT2D eigenvalue weighted by Crippen LogP contribution is -2.24. The van der Waals surface area contributed by atoms with Crippen LogP contribution in [0.5, 0.6) is 0 Å². The molecule has 6 nitrogen and oxygen atoms in total. The predicted molar refractivity (Wildman–Crippen MR) is 122 cm³/mol. The zero-order valence-corrected chi connectivity index (χ0v) is 17.7. The van der Waals surface area contributed by atoms with Crippen molar-refractivity contribution in [3.8, 4) is 0 Å². The summed E-state index contributed by atoms with van der Waals surface area (Å²) in [5, 5.41) is 13.9. The zero-order valence-electron chi connectivity index (χ0n) is 16.9. The van der Waals surface area contributed by atoms with Crippen molar-refractivity contribution in [2.75, 3.05) is 11.2 Å².